The van der Waals surface area contributed by atoms with Crippen LogP contribution < -0.4 is 30.1 Å². The number of aromatic nitrogens is 2. The van der Waals surface area contributed by atoms with Crippen LogP contribution in [-0.2, 0) is 14.4 Å². The summed E-state index contributed by atoms with van der Waals surface area (Å²) in [7, 11) is 1.63. The van der Waals surface area contributed by atoms with Crippen molar-refractivity contribution in [2.24, 2.45) is 0 Å². The molecule has 2 N–H and O–H groups in total. The van der Waals surface area contributed by atoms with Gasteiger partial charge in [0.2, 0.25) is 5.91 Å². The molecule has 0 aliphatic carbocycles. The normalized spacial score (nSPS) is 18.2. The van der Waals surface area contributed by atoms with Crippen LogP contribution in [0.4, 0.5) is 28.7 Å². The number of piperazine rings is 1. The number of ether oxygens (including phenoxy) is 3. The minimum Gasteiger partial charge on any atom is -0.494 e. The van der Waals surface area contributed by atoms with Crippen LogP contribution in [0.25, 0.3) is 0 Å². The lowest BCUT2D eigenvalue weighted by Gasteiger charge is -2.43. The molecule has 7 rings (SSSR count). The van der Waals surface area contributed by atoms with Crippen molar-refractivity contribution in [3.8, 4) is 17.2 Å². The molecular formula is C36H39N7O5. The molecule has 1 amide bonds. The van der Waals surface area contributed by atoms with Crippen molar-refractivity contribution in [3.63, 3.8) is 0 Å². The van der Waals surface area contributed by atoms with Gasteiger partial charge >= 0.3 is 0 Å². The molecule has 48 heavy (non-hydrogen) atoms. The molecule has 0 unspecified atom stereocenters. The molecular weight excluding hydrogens is 610 g/mol. The van der Waals surface area contributed by atoms with Crippen LogP contribution in [-0.4, -0.2) is 79.9 Å². The predicted octanol–water partition coefficient (Wildman–Crippen LogP) is 5.55. The van der Waals surface area contributed by atoms with Crippen molar-refractivity contribution in [2.45, 2.75) is 18.5 Å². The lowest BCUT2D eigenvalue weighted by molar-refractivity contribution is -0.111. The van der Waals surface area contributed by atoms with Gasteiger partial charge in [0.05, 0.1) is 56.1 Å². The first-order valence-electron chi connectivity index (χ1n) is 16.1. The van der Waals surface area contributed by atoms with E-state index in [0.29, 0.717) is 41.4 Å². The number of methoxy groups -OCH3 is 1. The summed E-state index contributed by atoms with van der Waals surface area (Å²) in [5.41, 5.74) is 3.22. The number of hydrogen-bond donors (Lipinski definition) is 2. The molecule has 0 radical (unpaired) electrons. The summed E-state index contributed by atoms with van der Waals surface area (Å²) in [6.07, 6.45) is 3.55. The van der Waals surface area contributed by atoms with Gasteiger partial charge in [0.25, 0.3) is 0 Å². The summed E-state index contributed by atoms with van der Waals surface area (Å²) in [5, 5.41) is 8.19. The van der Waals surface area contributed by atoms with Gasteiger partial charge in [-0.3, -0.25) is 14.5 Å². The fraction of sp³-hybridized carbons (Fsp3) is 0.306. The van der Waals surface area contributed by atoms with Crippen molar-refractivity contribution >= 4 is 34.6 Å². The largest absolute Gasteiger partial charge is 0.494 e. The number of carbonyl (C=O) groups is 1. The molecule has 3 saturated heterocycles. The van der Waals surface area contributed by atoms with Crippen LogP contribution in [0.1, 0.15) is 18.0 Å². The van der Waals surface area contributed by atoms with Gasteiger partial charge in [0.1, 0.15) is 29.4 Å². The Morgan fingerprint density at radius 1 is 0.958 bits per heavy atom. The highest BCUT2D eigenvalue weighted by Gasteiger charge is 2.31. The summed E-state index contributed by atoms with van der Waals surface area (Å²) >= 11 is 0. The van der Waals surface area contributed by atoms with E-state index in [9.17, 15) is 4.79 Å². The maximum absolute atomic E-state index is 12.5. The standard InChI is InChI=1S/C36H39N7O5/c1-3-36(44)40-29-19-30(33(45-2)20-32(29)42-15-13-41(14-16-42)26-22-46-23-26)39-34-21-35(38-24-37-34)43-31(12-17-47-43)25-8-7-11-28(18-25)48-27-9-5-4-6-10-27/h3-11,18-21,24,26,31H,1,12-17,22-23H2,2H3,(H,40,44)(H,37,38,39)/t31-/m1/s1. The van der Waals surface area contributed by atoms with Crippen molar-refractivity contribution in [3.05, 3.63) is 97.3 Å². The Hall–Kier alpha value is -5.17. The molecule has 3 aliphatic heterocycles. The van der Waals surface area contributed by atoms with E-state index < -0.39 is 0 Å². The Morgan fingerprint density at radius 3 is 2.52 bits per heavy atom. The Bertz CT molecular complexity index is 1740. The molecule has 12 nitrogen and oxygen atoms in total. The summed E-state index contributed by atoms with van der Waals surface area (Å²) in [6, 6.07) is 23.8. The third-order valence-corrected chi connectivity index (χ3v) is 8.82. The molecule has 0 saturated carbocycles. The predicted molar refractivity (Wildman–Crippen MR) is 184 cm³/mol. The van der Waals surface area contributed by atoms with Crippen LogP contribution in [0.2, 0.25) is 0 Å². The monoisotopic (exact) mass is 649 g/mol. The van der Waals surface area contributed by atoms with Gasteiger partial charge in [0.15, 0.2) is 5.82 Å². The number of hydroxylamine groups is 1. The van der Waals surface area contributed by atoms with Crippen molar-refractivity contribution < 1.29 is 23.8 Å². The second-order valence-electron chi connectivity index (χ2n) is 11.8. The third kappa shape index (κ3) is 6.91. The highest BCUT2D eigenvalue weighted by molar-refractivity contribution is 6.02. The van der Waals surface area contributed by atoms with Crippen LogP contribution >= 0.6 is 0 Å². The molecule has 3 aliphatic rings. The number of amides is 1. The molecule has 1 aromatic heterocycles. The first-order valence-corrected chi connectivity index (χ1v) is 16.1. The Kier molecular flexibility index (Phi) is 9.36. The Labute approximate surface area is 279 Å². The van der Waals surface area contributed by atoms with Crippen molar-refractivity contribution in [1.82, 2.24) is 14.9 Å². The van der Waals surface area contributed by atoms with E-state index in [-0.39, 0.29) is 11.9 Å². The fourth-order valence-corrected chi connectivity index (χ4v) is 6.22. The average Bonchev–Trinajstić information content (AvgIpc) is 3.59. The van der Waals surface area contributed by atoms with Gasteiger partial charge < -0.3 is 29.7 Å². The number of para-hydroxylation sites is 1. The Morgan fingerprint density at radius 2 is 1.77 bits per heavy atom. The van der Waals surface area contributed by atoms with E-state index in [2.05, 4.69) is 43.0 Å². The highest BCUT2D eigenvalue weighted by Crippen LogP contribution is 2.40. The maximum atomic E-state index is 12.5. The SMILES string of the molecule is C=CC(=O)Nc1cc(Nc2cc(N3OCC[C@@H]3c3cccc(Oc4ccccc4)c3)ncn2)c(OC)cc1N1CCN(C2COC2)CC1. The fourth-order valence-electron chi connectivity index (χ4n) is 6.22. The van der Waals surface area contributed by atoms with Crippen LogP contribution in [0.15, 0.2) is 91.8 Å². The average molecular weight is 650 g/mol. The minimum absolute atomic E-state index is 0.0705. The van der Waals surface area contributed by atoms with E-state index >= 15 is 0 Å². The van der Waals surface area contributed by atoms with Crippen molar-refractivity contribution in [1.29, 1.82) is 0 Å². The zero-order chi connectivity index (χ0) is 32.9. The zero-order valence-electron chi connectivity index (χ0n) is 26.9. The van der Waals surface area contributed by atoms with E-state index in [0.717, 1.165) is 68.6 Å². The topological polar surface area (TPSA) is 114 Å². The molecule has 3 aromatic carbocycles. The van der Waals surface area contributed by atoms with E-state index in [4.69, 9.17) is 19.0 Å². The number of anilines is 5. The van der Waals surface area contributed by atoms with Gasteiger partial charge in [-0.05, 0) is 42.0 Å². The first-order chi connectivity index (χ1) is 23.6. The van der Waals surface area contributed by atoms with E-state index in [1.165, 1.54) is 12.4 Å². The quantitative estimate of drug-likeness (QED) is 0.200. The lowest BCUT2D eigenvalue weighted by atomic mass is 10.0. The Balaban J connectivity index is 1.11. The second kappa shape index (κ2) is 14.3. The molecule has 0 spiro atoms. The molecule has 3 fully saturated rings. The van der Waals surface area contributed by atoms with Gasteiger partial charge in [-0.2, -0.15) is 0 Å². The lowest BCUT2D eigenvalue weighted by Crippen LogP contribution is -2.56. The van der Waals surface area contributed by atoms with Gasteiger partial charge in [-0.25, -0.2) is 15.0 Å². The van der Waals surface area contributed by atoms with E-state index in [1.54, 1.807) is 7.11 Å². The second-order valence-corrected chi connectivity index (χ2v) is 11.8. The summed E-state index contributed by atoms with van der Waals surface area (Å²) in [4.78, 5) is 32.4. The number of hydrogen-bond acceptors (Lipinski definition) is 11. The van der Waals surface area contributed by atoms with Crippen LogP contribution in [0.3, 0.4) is 0 Å². The summed E-state index contributed by atoms with van der Waals surface area (Å²) < 4.78 is 17.3. The first kappa shape index (κ1) is 31.4. The summed E-state index contributed by atoms with van der Waals surface area (Å²) in [5.74, 6) is 2.99. The third-order valence-electron chi connectivity index (χ3n) is 8.82. The smallest absolute Gasteiger partial charge is 0.247 e. The summed E-state index contributed by atoms with van der Waals surface area (Å²) in [6.45, 7) is 9.24. The van der Waals surface area contributed by atoms with Crippen LogP contribution in [0.5, 0.6) is 17.2 Å². The number of carbonyl (C=O) groups excluding carboxylic acids is 1. The van der Waals surface area contributed by atoms with Crippen molar-refractivity contribution in [2.75, 3.05) is 73.7 Å². The molecule has 4 heterocycles. The van der Waals surface area contributed by atoms with Crippen LogP contribution in [0, 0.1) is 0 Å². The molecule has 1 atom stereocenters. The molecule has 4 aromatic rings. The maximum Gasteiger partial charge on any atom is 0.247 e. The van der Waals surface area contributed by atoms with Gasteiger partial charge in [-0.1, -0.05) is 36.9 Å². The zero-order valence-corrected chi connectivity index (χ0v) is 26.9. The number of nitrogens with zero attached hydrogens (tertiary/aromatic N) is 5. The minimum atomic E-state index is -0.294. The van der Waals surface area contributed by atoms with Gasteiger partial charge in [-0.15, -0.1) is 0 Å². The number of rotatable bonds is 11. The number of benzene rings is 3. The highest BCUT2D eigenvalue weighted by atomic mass is 16.7. The van der Waals surface area contributed by atoms with E-state index in [1.807, 2.05) is 71.8 Å². The molecule has 0 bridgehead atoms. The molecule has 12 heteroatoms. The number of nitrogens with one attached hydrogen (secondary N) is 2. The van der Waals surface area contributed by atoms with Gasteiger partial charge in [0, 0.05) is 44.7 Å². The molecule has 248 valence electrons.